The van der Waals surface area contributed by atoms with Crippen molar-refractivity contribution in [2.45, 2.75) is 25.5 Å². The van der Waals surface area contributed by atoms with Crippen LogP contribution in [0.25, 0.3) is 5.65 Å². The van der Waals surface area contributed by atoms with Gasteiger partial charge in [-0.05, 0) is 37.1 Å². The van der Waals surface area contributed by atoms with Crippen LogP contribution in [0.1, 0.15) is 29.7 Å². The minimum absolute atomic E-state index is 0.150. The van der Waals surface area contributed by atoms with Crippen LogP contribution < -0.4 is 15.2 Å². The number of fused-ring (bicyclic) bond motifs is 2. The van der Waals surface area contributed by atoms with E-state index in [9.17, 15) is 0 Å². The van der Waals surface area contributed by atoms with Crippen LogP contribution in [-0.4, -0.2) is 27.4 Å². The SMILES string of the molecule is COc1ccc(C2c3nc4ccnn4cc3OC2(C)N)c(C)c1. The van der Waals surface area contributed by atoms with E-state index in [1.54, 1.807) is 17.8 Å². The molecule has 0 saturated heterocycles. The smallest absolute Gasteiger partial charge is 0.168 e. The lowest BCUT2D eigenvalue weighted by molar-refractivity contribution is 0.107. The number of aryl methyl sites for hydroxylation is 1. The van der Waals surface area contributed by atoms with Gasteiger partial charge in [0.15, 0.2) is 17.1 Å². The number of rotatable bonds is 2. The lowest BCUT2D eigenvalue weighted by Gasteiger charge is -2.27. The lowest BCUT2D eigenvalue weighted by atomic mass is 9.86. The van der Waals surface area contributed by atoms with E-state index in [-0.39, 0.29) is 5.92 Å². The fourth-order valence-electron chi connectivity index (χ4n) is 3.26. The van der Waals surface area contributed by atoms with Crippen LogP contribution in [0.5, 0.6) is 11.5 Å². The average Bonchev–Trinajstić information content (AvgIpc) is 3.05. The topological polar surface area (TPSA) is 74.7 Å². The van der Waals surface area contributed by atoms with Crippen molar-refractivity contribution in [3.8, 4) is 11.5 Å². The zero-order valence-electron chi connectivity index (χ0n) is 13.3. The number of aromatic nitrogens is 3. The minimum atomic E-state index is -0.867. The molecule has 0 aliphatic carbocycles. The van der Waals surface area contributed by atoms with Gasteiger partial charge >= 0.3 is 0 Å². The van der Waals surface area contributed by atoms with Crippen LogP contribution in [0.3, 0.4) is 0 Å². The van der Waals surface area contributed by atoms with Crippen LogP contribution in [0, 0.1) is 6.92 Å². The molecular formula is C17H18N4O2. The summed E-state index contributed by atoms with van der Waals surface area (Å²) in [5.41, 5.74) is 9.39. The van der Waals surface area contributed by atoms with Crippen molar-refractivity contribution in [1.29, 1.82) is 0 Å². The van der Waals surface area contributed by atoms with Gasteiger partial charge in [-0.25, -0.2) is 9.50 Å². The third-order valence-electron chi connectivity index (χ3n) is 4.34. The van der Waals surface area contributed by atoms with Gasteiger partial charge in [-0.2, -0.15) is 5.10 Å². The maximum absolute atomic E-state index is 6.45. The first-order valence-electron chi connectivity index (χ1n) is 7.46. The van der Waals surface area contributed by atoms with Crippen LogP contribution in [0.4, 0.5) is 0 Å². The molecule has 1 aliphatic heterocycles. The second-order valence-corrected chi connectivity index (χ2v) is 6.07. The zero-order valence-corrected chi connectivity index (χ0v) is 13.3. The van der Waals surface area contributed by atoms with E-state index < -0.39 is 5.72 Å². The van der Waals surface area contributed by atoms with Gasteiger partial charge in [0.1, 0.15) is 5.75 Å². The van der Waals surface area contributed by atoms with Gasteiger partial charge < -0.3 is 9.47 Å². The molecule has 0 fully saturated rings. The summed E-state index contributed by atoms with van der Waals surface area (Å²) >= 11 is 0. The molecule has 0 radical (unpaired) electrons. The number of benzene rings is 1. The molecule has 1 aliphatic rings. The number of hydrogen-bond donors (Lipinski definition) is 1. The largest absolute Gasteiger partial charge is 0.497 e. The minimum Gasteiger partial charge on any atom is -0.497 e. The quantitative estimate of drug-likeness (QED) is 0.786. The molecule has 4 rings (SSSR count). The number of hydrogen-bond acceptors (Lipinski definition) is 5. The third-order valence-corrected chi connectivity index (χ3v) is 4.34. The molecule has 3 aromatic rings. The Kier molecular flexibility index (Phi) is 2.86. The monoisotopic (exact) mass is 310 g/mol. The third kappa shape index (κ3) is 2.06. The Morgan fingerprint density at radius 1 is 1.35 bits per heavy atom. The molecule has 2 unspecified atom stereocenters. The fraction of sp³-hybridized carbons (Fsp3) is 0.294. The Hall–Kier alpha value is -2.60. The highest BCUT2D eigenvalue weighted by atomic mass is 16.5. The number of ether oxygens (including phenoxy) is 2. The van der Waals surface area contributed by atoms with Crippen molar-refractivity contribution in [2.24, 2.45) is 5.73 Å². The molecule has 2 atom stereocenters. The first kappa shape index (κ1) is 14.0. The first-order valence-corrected chi connectivity index (χ1v) is 7.46. The fourth-order valence-corrected chi connectivity index (χ4v) is 3.26. The van der Waals surface area contributed by atoms with E-state index in [1.807, 2.05) is 44.3 Å². The summed E-state index contributed by atoms with van der Waals surface area (Å²) in [6.07, 6.45) is 3.55. The van der Waals surface area contributed by atoms with E-state index in [0.29, 0.717) is 5.75 Å². The Balaban J connectivity index is 1.91. The normalized spacial score (nSPS) is 22.9. The Labute approximate surface area is 133 Å². The van der Waals surface area contributed by atoms with Crippen LogP contribution >= 0.6 is 0 Å². The summed E-state index contributed by atoms with van der Waals surface area (Å²) < 4.78 is 13.0. The van der Waals surface area contributed by atoms with Gasteiger partial charge in [-0.3, -0.25) is 5.73 Å². The van der Waals surface area contributed by atoms with Crippen molar-refractivity contribution in [1.82, 2.24) is 14.6 Å². The molecule has 0 bridgehead atoms. The summed E-state index contributed by atoms with van der Waals surface area (Å²) in [6.45, 7) is 3.93. The van der Waals surface area contributed by atoms with Gasteiger partial charge in [0.2, 0.25) is 0 Å². The summed E-state index contributed by atoms with van der Waals surface area (Å²) in [6, 6.07) is 7.84. The lowest BCUT2D eigenvalue weighted by Crippen LogP contribution is -2.45. The summed E-state index contributed by atoms with van der Waals surface area (Å²) in [5.74, 6) is 1.35. The van der Waals surface area contributed by atoms with Gasteiger partial charge in [-0.1, -0.05) is 6.07 Å². The maximum Gasteiger partial charge on any atom is 0.168 e. The van der Waals surface area contributed by atoms with Crippen molar-refractivity contribution in [2.75, 3.05) is 7.11 Å². The van der Waals surface area contributed by atoms with Gasteiger partial charge in [0.25, 0.3) is 0 Å². The zero-order chi connectivity index (χ0) is 16.2. The average molecular weight is 310 g/mol. The number of nitrogens with two attached hydrogens (primary N) is 1. The van der Waals surface area contributed by atoms with Crippen molar-refractivity contribution >= 4 is 5.65 Å². The van der Waals surface area contributed by atoms with Crippen molar-refractivity contribution < 1.29 is 9.47 Å². The van der Waals surface area contributed by atoms with Gasteiger partial charge in [-0.15, -0.1) is 0 Å². The highest BCUT2D eigenvalue weighted by Crippen LogP contribution is 2.46. The first-order chi connectivity index (χ1) is 11.0. The van der Waals surface area contributed by atoms with Crippen LogP contribution in [0.15, 0.2) is 36.7 Å². The Morgan fingerprint density at radius 2 is 2.17 bits per heavy atom. The second-order valence-electron chi connectivity index (χ2n) is 6.07. The summed E-state index contributed by atoms with van der Waals surface area (Å²) in [7, 11) is 1.66. The second kappa shape index (κ2) is 4.70. The van der Waals surface area contributed by atoms with Gasteiger partial charge in [0.05, 0.1) is 31.1 Å². The van der Waals surface area contributed by atoms with Crippen LogP contribution in [0.2, 0.25) is 0 Å². The number of nitrogens with zero attached hydrogens (tertiary/aromatic N) is 3. The predicted molar refractivity (Wildman–Crippen MR) is 85.8 cm³/mol. The van der Waals surface area contributed by atoms with Crippen molar-refractivity contribution in [3.05, 3.63) is 53.5 Å². The standard InChI is InChI=1S/C17H18N4O2/c1-10-8-11(22-3)4-5-12(10)15-16-13(23-17(15,2)18)9-21-14(20-16)6-7-19-21/h4-9,15H,18H2,1-3H3. The highest BCUT2D eigenvalue weighted by molar-refractivity contribution is 5.51. The molecule has 2 aromatic heterocycles. The Morgan fingerprint density at radius 3 is 2.91 bits per heavy atom. The van der Waals surface area contributed by atoms with Crippen molar-refractivity contribution in [3.63, 3.8) is 0 Å². The molecule has 1 aromatic carbocycles. The van der Waals surface area contributed by atoms with E-state index in [1.165, 1.54) is 0 Å². The summed E-state index contributed by atoms with van der Waals surface area (Å²) in [5, 5.41) is 4.20. The van der Waals surface area contributed by atoms with E-state index in [2.05, 4.69) is 5.10 Å². The molecule has 6 heteroatoms. The molecule has 0 saturated carbocycles. The summed E-state index contributed by atoms with van der Waals surface area (Å²) in [4.78, 5) is 4.72. The number of methoxy groups -OCH3 is 1. The van der Waals surface area contributed by atoms with E-state index in [4.69, 9.17) is 20.2 Å². The molecule has 23 heavy (non-hydrogen) atoms. The maximum atomic E-state index is 6.45. The van der Waals surface area contributed by atoms with E-state index in [0.717, 1.165) is 28.2 Å². The molecule has 3 heterocycles. The molecule has 0 spiro atoms. The van der Waals surface area contributed by atoms with E-state index >= 15 is 0 Å². The molecule has 0 amide bonds. The molecule has 118 valence electrons. The predicted octanol–water partition coefficient (Wildman–Crippen LogP) is 2.25. The molecule has 6 nitrogen and oxygen atoms in total. The van der Waals surface area contributed by atoms with Gasteiger partial charge in [0, 0.05) is 6.07 Å². The molecule has 2 N–H and O–H groups in total. The highest BCUT2D eigenvalue weighted by Gasteiger charge is 2.45. The van der Waals surface area contributed by atoms with Crippen LogP contribution in [-0.2, 0) is 0 Å². The Bertz CT molecular complexity index is 901. The molecular weight excluding hydrogens is 292 g/mol.